The Kier molecular flexibility index (Phi) is 2.94. The maximum Gasteiger partial charge on any atom is 0.286 e. The molecule has 0 N–H and O–H groups in total. The van der Waals surface area contributed by atoms with Gasteiger partial charge < -0.3 is 4.74 Å². The third-order valence-electron chi connectivity index (χ3n) is 1.25. The molecule has 1 heterocycles. The zero-order chi connectivity index (χ0) is 7.94. The maximum atomic E-state index is 8.05. The van der Waals surface area contributed by atoms with Gasteiger partial charge in [-0.3, -0.25) is 4.98 Å². The molecular weight excluding hydrogens is 140 g/mol. The number of hydrogen-bond donors (Lipinski definition) is 0. The Morgan fingerprint density at radius 2 is 2.45 bits per heavy atom. The highest BCUT2D eigenvalue weighted by atomic mass is 16.5. The van der Waals surface area contributed by atoms with Gasteiger partial charge in [-0.25, -0.2) is 0 Å². The van der Waals surface area contributed by atoms with Crippen LogP contribution in [0.4, 0.5) is 0 Å². The van der Waals surface area contributed by atoms with Crippen LogP contribution >= 0.6 is 0 Å². The van der Waals surface area contributed by atoms with Crippen LogP contribution < -0.4 is 0 Å². The number of nitriles is 1. The van der Waals surface area contributed by atoms with E-state index in [-0.39, 0.29) is 0 Å². The topological polar surface area (TPSA) is 45.9 Å². The minimum absolute atomic E-state index is 0.410. The van der Waals surface area contributed by atoms with E-state index in [9.17, 15) is 0 Å². The number of pyridine rings is 1. The summed E-state index contributed by atoms with van der Waals surface area (Å²) in [5.74, 6) is 0. The molecule has 3 nitrogen and oxygen atoms in total. The summed E-state index contributed by atoms with van der Waals surface area (Å²) in [6.45, 7) is 0.410. The molecule has 0 aliphatic heterocycles. The molecule has 1 rings (SSSR count). The van der Waals surface area contributed by atoms with E-state index in [1.807, 2.05) is 18.2 Å². The molecule has 1 aromatic heterocycles. The Morgan fingerprint density at radius 1 is 1.55 bits per heavy atom. The average Bonchev–Trinajstić information content (AvgIpc) is 2.07. The van der Waals surface area contributed by atoms with Crippen LogP contribution in [0.3, 0.4) is 0 Å². The summed E-state index contributed by atoms with van der Waals surface area (Å²) in [6.07, 6.45) is 4.02. The molecular formula is C8H8N2O. The van der Waals surface area contributed by atoms with Gasteiger partial charge in [0.1, 0.15) is 6.61 Å². The molecule has 56 valence electrons. The molecule has 0 aliphatic carbocycles. The highest BCUT2D eigenvalue weighted by Gasteiger charge is 1.91. The van der Waals surface area contributed by atoms with Gasteiger partial charge in [-0.2, -0.15) is 5.26 Å². The molecule has 1 aromatic rings. The number of ether oxygens (including phenoxy) is 1. The van der Waals surface area contributed by atoms with E-state index < -0.39 is 0 Å². The quantitative estimate of drug-likeness (QED) is 0.476. The molecule has 0 unspecified atom stereocenters. The zero-order valence-electron chi connectivity index (χ0n) is 6.03. The van der Waals surface area contributed by atoms with Crippen molar-refractivity contribution in [1.29, 1.82) is 5.26 Å². The highest BCUT2D eigenvalue weighted by Crippen LogP contribution is 1.93. The Balaban J connectivity index is 2.35. The van der Waals surface area contributed by atoms with Crippen molar-refractivity contribution in [3.05, 3.63) is 30.1 Å². The first kappa shape index (κ1) is 7.55. The van der Waals surface area contributed by atoms with E-state index in [1.54, 1.807) is 12.5 Å². The second-order valence-corrected chi connectivity index (χ2v) is 2.01. The lowest BCUT2D eigenvalue weighted by Gasteiger charge is -1.95. The molecule has 0 saturated heterocycles. The van der Waals surface area contributed by atoms with E-state index >= 15 is 0 Å². The molecule has 0 fully saturated rings. The van der Waals surface area contributed by atoms with E-state index in [2.05, 4.69) is 9.72 Å². The fourth-order valence-electron chi connectivity index (χ4n) is 0.747. The van der Waals surface area contributed by atoms with Crippen LogP contribution in [0.1, 0.15) is 5.69 Å². The molecule has 0 aliphatic rings. The van der Waals surface area contributed by atoms with Crippen molar-refractivity contribution < 1.29 is 4.74 Å². The third kappa shape index (κ3) is 2.67. The second-order valence-electron chi connectivity index (χ2n) is 2.01. The van der Waals surface area contributed by atoms with Gasteiger partial charge in [0, 0.05) is 18.3 Å². The van der Waals surface area contributed by atoms with Gasteiger partial charge in [0.2, 0.25) is 0 Å². The molecule has 11 heavy (non-hydrogen) atoms. The van der Waals surface area contributed by atoms with Crippen molar-refractivity contribution >= 4 is 0 Å². The number of rotatable bonds is 3. The Hall–Kier alpha value is -1.56. The standard InChI is InChI=1S/C8H8N2O/c9-7-11-6-4-8-3-1-2-5-10-8/h1-3,5H,4,6H2. The van der Waals surface area contributed by atoms with Gasteiger partial charge in [-0.15, -0.1) is 0 Å². The molecule has 0 amide bonds. The lowest BCUT2D eigenvalue weighted by atomic mass is 10.3. The fraction of sp³-hybridized carbons (Fsp3) is 0.250. The Morgan fingerprint density at radius 3 is 3.09 bits per heavy atom. The first-order chi connectivity index (χ1) is 5.43. The van der Waals surface area contributed by atoms with Gasteiger partial charge >= 0.3 is 0 Å². The predicted molar refractivity (Wildman–Crippen MR) is 39.5 cm³/mol. The molecule has 3 heteroatoms. The van der Waals surface area contributed by atoms with Crippen molar-refractivity contribution in [3.63, 3.8) is 0 Å². The second kappa shape index (κ2) is 4.29. The van der Waals surface area contributed by atoms with Gasteiger partial charge in [-0.1, -0.05) is 6.07 Å². The summed E-state index contributed by atoms with van der Waals surface area (Å²) in [5.41, 5.74) is 0.947. The maximum absolute atomic E-state index is 8.05. The Bertz CT molecular complexity index is 240. The van der Waals surface area contributed by atoms with Crippen LogP contribution in [-0.4, -0.2) is 11.6 Å². The highest BCUT2D eigenvalue weighted by molar-refractivity contribution is 5.03. The average molecular weight is 148 g/mol. The zero-order valence-corrected chi connectivity index (χ0v) is 6.03. The monoisotopic (exact) mass is 148 g/mol. The predicted octanol–water partition coefficient (Wildman–Crippen LogP) is 1.12. The lowest BCUT2D eigenvalue weighted by Crippen LogP contribution is -1.95. The van der Waals surface area contributed by atoms with Crippen molar-refractivity contribution in [2.75, 3.05) is 6.61 Å². The number of hydrogen-bond acceptors (Lipinski definition) is 3. The van der Waals surface area contributed by atoms with E-state index in [0.29, 0.717) is 13.0 Å². The molecule has 0 spiro atoms. The van der Waals surface area contributed by atoms with Gasteiger partial charge in [0.15, 0.2) is 0 Å². The first-order valence-corrected chi connectivity index (χ1v) is 3.34. The van der Waals surface area contributed by atoms with Crippen LogP contribution in [0.5, 0.6) is 0 Å². The first-order valence-electron chi connectivity index (χ1n) is 3.34. The normalized spacial score (nSPS) is 8.64. The van der Waals surface area contributed by atoms with Crippen LogP contribution in [0.25, 0.3) is 0 Å². The lowest BCUT2D eigenvalue weighted by molar-refractivity contribution is 0.273. The summed E-state index contributed by atoms with van der Waals surface area (Å²) in [4.78, 5) is 4.06. The molecule has 0 saturated carbocycles. The van der Waals surface area contributed by atoms with E-state index in [4.69, 9.17) is 5.26 Å². The largest absolute Gasteiger partial charge is 0.427 e. The smallest absolute Gasteiger partial charge is 0.286 e. The van der Waals surface area contributed by atoms with Crippen molar-refractivity contribution in [3.8, 4) is 6.26 Å². The minimum Gasteiger partial charge on any atom is -0.427 e. The van der Waals surface area contributed by atoms with E-state index in [1.165, 1.54) is 0 Å². The van der Waals surface area contributed by atoms with Crippen molar-refractivity contribution in [2.24, 2.45) is 0 Å². The van der Waals surface area contributed by atoms with Crippen LogP contribution in [-0.2, 0) is 11.2 Å². The van der Waals surface area contributed by atoms with Crippen LogP contribution in [0.15, 0.2) is 24.4 Å². The SMILES string of the molecule is N#COCCc1ccccn1. The Labute approximate surface area is 65.3 Å². The van der Waals surface area contributed by atoms with Crippen molar-refractivity contribution in [1.82, 2.24) is 4.98 Å². The summed E-state index contributed by atoms with van der Waals surface area (Å²) in [7, 11) is 0. The molecule has 0 atom stereocenters. The van der Waals surface area contributed by atoms with Gasteiger partial charge in [-0.05, 0) is 12.1 Å². The molecule has 0 radical (unpaired) electrons. The number of aromatic nitrogens is 1. The van der Waals surface area contributed by atoms with Crippen LogP contribution in [0, 0.1) is 11.5 Å². The summed E-state index contributed by atoms with van der Waals surface area (Å²) in [5, 5.41) is 8.05. The molecule has 0 aromatic carbocycles. The van der Waals surface area contributed by atoms with E-state index in [0.717, 1.165) is 5.69 Å². The summed E-state index contributed by atoms with van der Waals surface area (Å²) < 4.78 is 4.50. The third-order valence-corrected chi connectivity index (χ3v) is 1.25. The summed E-state index contributed by atoms with van der Waals surface area (Å²) in [6, 6.07) is 5.67. The van der Waals surface area contributed by atoms with Gasteiger partial charge in [0.25, 0.3) is 6.26 Å². The van der Waals surface area contributed by atoms with Crippen molar-refractivity contribution in [2.45, 2.75) is 6.42 Å². The fourth-order valence-corrected chi connectivity index (χ4v) is 0.747. The summed E-state index contributed by atoms with van der Waals surface area (Å²) >= 11 is 0. The minimum atomic E-state index is 0.410. The number of nitrogens with zero attached hydrogens (tertiary/aromatic N) is 2. The molecule has 0 bridgehead atoms. The van der Waals surface area contributed by atoms with Crippen LogP contribution in [0.2, 0.25) is 0 Å². The van der Waals surface area contributed by atoms with Gasteiger partial charge in [0.05, 0.1) is 0 Å².